The van der Waals surface area contributed by atoms with Crippen molar-refractivity contribution in [2.75, 3.05) is 0 Å². The molecule has 2 aliphatic carbocycles. The number of rotatable bonds is 5. The van der Waals surface area contributed by atoms with E-state index < -0.39 is 0 Å². The van der Waals surface area contributed by atoms with Gasteiger partial charge < -0.3 is 4.57 Å². The lowest BCUT2D eigenvalue weighted by molar-refractivity contribution is -0.120. The van der Waals surface area contributed by atoms with Gasteiger partial charge in [0.25, 0.3) is 0 Å². The third kappa shape index (κ3) is 2.11. The fourth-order valence-electron chi connectivity index (χ4n) is 3.70. The van der Waals surface area contributed by atoms with E-state index in [4.69, 9.17) is 0 Å². The van der Waals surface area contributed by atoms with Gasteiger partial charge in [-0.2, -0.15) is 0 Å². The second-order valence-corrected chi connectivity index (χ2v) is 5.82. The average molecular weight is 246 g/mol. The van der Waals surface area contributed by atoms with E-state index in [2.05, 4.69) is 16.5 Å². The zero-order chi connectivity index (χ0) is 12.5. The van der Waals surface area contributed by atoms with Crippen molar-refractivity contribution in [3.63, 3.8) is 0 Å². The largest absolute Gasteiger partial charge is 0.335 e. The number of ketones is 1. The Morgan fingerprint density at radius 2 is 2.11 bits per heavy atom. The van der Waals surface area contributed by atoms with Crippen LogP contribution in [0.15, 0.2) is 12.4 Å². The Bertz CT molecular complexity index is 425. The minimum absolute atomic E-state index is 0.374. The van der Waals surface area contributed by atoms with Gasteiger partial charge in [0.05, 0.1) is 6.42 Å². The number of carbonyl (C=O) groups is 1. The van der Waals surface area contributed by atoms with Crippen LogP contribution in [0.25, 0.3) is 0 Å². The molecule has 0 N–H and O–H groups in total. The zero-order valence-corrected chi connectivity index (χ0v) is 11.1. The Morgan fingerprint density at radius 1 is 1.39 bits per heavy atom. The molecule has 0 amide bonds. The summed E-state index contributed by atoms with van der Waals surface area (Å²) in [6.07, 6.45) is 10.7. The van der Waals surface area contributed by atoms with E-state index in [0.29, 0.717) is 18.1 Å². The number of hydrogen-bond acceptors (Lipinski definition) is 2. The van der Waals surface area contributed by atoms with Gasteiger partial charge in [-0.05, 0) is 31.1 Å². The highest BCUT2D eigenvalue weighted by Crippen LogP contribution is 2.55. The van der Waals surface area contributed by atoms with Crippen LogP contribution in [-0.2, 0) is 17.8 Å². The summed E-state index contributed by atoms with van der Waals surface area (Å²) >= 11 is 0. The molecule has 2 saturated carbocycles. The monoisotopic (exact) mass is 246 g/mol. The molecule has 0 radical (unpaired) electrons. The van der Waals surface area contributed by atoms with Gasteiger partial charge >= 0.3 is 0 Å². The molecule has 3 rings (SSSR count). The molecule has 3 heteroatoms. The number of nitrogens with zero attached hydrogens (tertiary/aromatic N) is 2. The quantitative estimate of drug-likeness (QED) is 0.800. The van der Waals surface area contributed by atoms with E-state index in [1.807, 2.05) is 12.4 Å². The van der Waals surface area contributed by atoms with Crippen molar-refractivity contribution in [2.45, 2.75) is 52.0 Å². The summed E-state index contributed by atoms with van der Waals surface area (Å²) in [6, 6.07) is 0. The SMILES string of the molecule is CCCn1ccnc1CC(=O)C1C2CCCCC21. The summed E-state index contributed by atoms with van der Waals surface area (Å²) in [4.78, 5) is 16.7. The van der Waals surface area contributed by atoms with Crippen LogP contribution in [-0.4, -0.2) is 15.3 Å². The Balaban J connectivity index is 1.62. The molecule has 0 saturated heterocycles. The van der Waals surface area contributed by atoms with Crippen LogP contribution in [0.5, 0.6) is 0 Å². The number of aryl methyl sites for hydroxylation is 1. The second-order valence-electron chi connectivity index (χ2n) is 5.82. The van der Waals surface area contributed by atoms with E-state index in [9.17, 15) is 4.79 Å². The lowest BCUT2D eigenvalue weighted by atomic mass is 10.0. The average Bonchev–Trinajstić information content (AvgIpc) is 2.97. The van der Waals surface area contributed by atoms with Crippen molar-refractivity contribution in [2.24, 2.45) is 17.8 Å². The molecular formula is C15H22N2O. The fraction of sp³-hybridized carbons (Fsp3) is 0.733. The first-order chi connectivity index (χ1) is 8.81. The van der Waals surface area contributed by atoms with Crippen molar-refractivity contribution in [1.82, 2.24) is 9.55 Å². The summed E-state index contributed by atoms with van der Waals surface area (Å²) in [5.74, 6) is 3.22. The van der Waals surface area contributed by atoms with Crippen molar-refractivity contribution in [3.8, 4) is 0 Å². The normalized spacial score (nSPS) is 29.9. The van der Waals surface area contributed by atoms with Crippen molar-refractivity contribution in [3.05, 3.63) is 18.2 Å². The molecule has 1 aromatic rings. The van der Waals surface area contributed by atoms with Crippen LogP contribution >= 0.6 is 0 Å². The number of aromatic nitrogens is 2. The maximum Gasteiger partial charge on any atom is 0.144 e. The van der Waals surface area contributed by atoms with Crippen LogP contribution in [0.1, 0.15) is 44.9 Å². The molecule has 1 heterocycles. The molecular weight excluding hydrogens is 224 g/mol. The Morgan fingerprint density at radius 3 is 2.78 bits per heavy atom. The molecule has 2 fully saturated rings. The first-order valence-electron chi connectivity index (χ1n) is 7.34. The standard InChI is InChI=1S/C15H22N2O/c1-2-8-17-9-7-16-14(17)10-13(18)15-11-5-3-4-6-12(11)15/h7,9,11-12,15H,2-6,8,10H2,1H3. The third-order valence-electron chi connectivity index (χ3n) is 4.63. The predicted molar refractivity (Wildman–Crippen MR) is 70.2 cm³/mol. The first-order valence-corrected chi connectivity index (χ1v) is 7.34. The van der Waals surface area contributed by atoms with Crippen molar-refractivity contribution < 1.29 is 4.79 Å². The zero-order valence-electron chi connectivity index (χ0n) is 11.1. The van der Waals surface area contributed by atoms with Gasteiger partial charge in [0.15, 0.2) is 0 Å². The summed E-state index contributed by atoms with van der Waals surface area (Å²) < 4.78 is 2.13. The van der Waals surface area contributed by atoms with Gasteiger partial charge in [-0.25, -0.2) is 4.98 Å². The minimum Gasteiger partial charge on any atom is -0.335 e. The molecule has 2 unspecified atom stereocenters. The molecule has 0 aliphatic heterocycles. The van der Waals surface area contributed by atoms with E-state index in [1.54, 1.807) is 0 Å². The van der Waals surface area contributed by atoms with Gasteiger partial charge in [0.2, 0.25) is 0 Å². The molecule has 0 bridgehead atoms. The smallest absolute Gasteiger partial charge is 0.144 e. The van der Waals surface area contributed by atoms with Crippen LogP contribution in [0, 0.1) is 17.8 Å². The maximum absolute atomic E-state index is 12.3. The summed E-state index contributed by atoms with van der Waals surface area (Å²) in [7, 11) is 0. The van der Waals surface area contributed by atoms with Crippen LogP contribution in [0.3, 0.4) is 0 Å². The fourth-order valence-corrected chi connectivity index (χ4v) is 3.70. The predicted octanol–water partition coefficient (Wildman–Crippen LogP) is 2.84. The Hall–Kier alpha value is -1.12. The Kier molecular flexibility index (Phi) is 3.23. The summed E-state index contributed by atoms with van der Waals surface area (Å²) in [6.45, 7) is 3.13. The number of fused-ring (bicyclic) bond motifs is 1. The number of Topliss-reactive ketones (excluding diaryl/α,β-unsaturated/α-hetero) is 1. The van der Waals surface area contributed by atoms with Crippen LogP contribution in [0.2, 0.25) is 0 Å². The molecule has 18 heavy (non-hydrogen) atoms. The number of imidazole rings is 1. The van der Waals surface area contributed by atoms with Gasteiger partial charge in [-0.15, -0.1) is 0 Å². The highest BCUT2D eigenvalue weighted by Gasteiger charge is 2.54. The molecule has 0 spiro atoms. The number of carbonyl (C=O) groups excluding carboxylic acids is 1. The molecule has 0 aromatic carbocycles. The van der Waals surface area contributed by atoms with Gasteiger partial charge in [-0.1, -0.05) is 19.8 Å². The Labute approximate surface area is 109 Å². The highest BCUT2D eigenvalue weighted by molar-refractivity contribution is 5.85. The number of hydrogen-bond donors (Lipinski definition) is 0. The minimum atomic E-state index is 0.374. The summed E-state index contributed by atoms with van der Waals surface area (Å²) in [5.41, 5.74) is 0. The first kappa shape index (κ1) is 11.9. The highest BCUT2D eigenvalue weighted by atomic mass is 16.1. The second kappa shape index (κ2) is 4.87. The van der Waals surface area contributed by atoms with Crippen molar-refractivity contribution in [1.29, 1.82) is 0 Å². The van der Waals surface area contributed by atoms with Gasteiger partial charge in [-0.3, -0.25) is 4.79 Å². The van der Waals surface area contributed by atoms with E-state index in [1.165, 1.54) is 25.7 Å². The van der Waals surface area contributed by atoms with Crippen molar-refractivity contribution >= 4 is 5.78 Å². The van der Waals surface area contributed by atoms with Crippen LogP contribution in [0.4, 0.5) is 0 Å². The van der Waals surface area contributed by atoms with E-state index in [-0.39, 0.29) is 0 Å². The van der Waals surface area contributed by atoms with Gasteiger partial charge in [0, 0.05) is 24.9 Å². The molecule has 3 nitrogen and oxygen atoms in total. The maximum atomic E-state index is 12.3. The lowest BCUT2D eigenvalue weighted by Crippen LogP contribution is -2.12. The lowest BCUT2D eigenvalue weighted by Gasteiger charge is -2.05. The molecule has 2 aliphatic rings. The third-order valence-corrected chi connectivity index (χ3v) is 4.63. The van der Waals surface area contributed by atoms with Crippen LogP contribution < -0.4 is 0 Å². The molecule has 98 valence electrons. The molecule has 1 aromatic heterocycles. The van der Waals surface area contributed by atoms with E-state index >= 15 is 0 Å². The van der Waals surface area contributed by atoms with Gasteiger partial charge in [0.1, 0.15) is 11.6 Å². The summed E-state index contributed by atoms with van der Waals surface area (Å²) in [5, 5.41) is 0. The topological polar surface area (TPSA) is 34.9 Å². The molecule has 2 atom stereocenters. The van der Waals surface area contributed by atoms with E-state index in [0.717, 1.165) is 30.6 Å².